The Hall–Kier alpha value is 0.217. The number of hydrogen-bond donors (Lipinski definition) is 0. The lowest BCUT2D eigenvalue weighted by molar-refractivity contribution is 0.948. The van der Waals surface area contributed by atoms with Gasteiger partial charge in [-0.05, 0) is 5.92 Å². The van der Waals surface area contributed by atoms with E-state index < -0.39 is 8.07 Å². The first-order valence-corrected chi connectivity index (χ1v) is 7.29. The van der Waals surface area contributed by atoms with E-state index in [2.05, 4.69) is 19.6 Å². The molecule has 0 spiro atoms. The Labute approximate surface area is 53.3 Å². The molecule has 1 rings (SSSR count). The van der Waals surface area contributed by atoms with Gasteiger partial charge in [0.15, 0.2) is 0 Å². The molecule has 0 nitrogen and oxygen atoms in total. The zero-order valence-electron chi connectivity index (χ0n) is 6.20. The van der Waals surface area contributed by atoms with Crippen molar-refractivity contribution in [3.63, 3.8) is 0 Å². The lowest BCUT2D eigenvalue weighted by Gasteiger charge is -2.13. The van der Waals surface area contributed by atoms with E-state index >= 15 is 0 Å². The Kier molecular flexibility index (Phi) is 1.48. The van der Waals surface area contributed by atoms with E-state index in [0.29, 0.717) is 0 Å². The van der Waals surface area contributed by atoms with E-state index in [9.17, 15) is 0 Å². The van der Waals surface area contributed by atoms with Crippen molar-refractivity contribution in [2.24, 2.45) is 5.92 Å². The van der Waals surface area contributed by atoms with Gasteiger partial charge in [-0.2, -0.15) is 0 Å². The van der Waals surface area contributed by atoms with Crippen LogP contribution in [0, 0.1) is 5.92 Å². The first-order valence-electron chi connectivity index (χ1n) is 3.58. The second-order valence-electron chi connectivity index (χ2n) is 4.21. The highest BCUT2D eigenvalue weighted by Gasteiger charge is 2.27. The Bertz CT molecular complexity index is 76.9. The summed E-state index contributed by atoms with van der Waals surface area (Å²) in [6.07, 6.45) is 3.06. The fourth-order valence-electron chi connectivity index (χ4n) is 1.19. The van der Waals surface area contributed by atoms with E-state index in [1.165, 1.54) is 12.8 Å². The minimum atomic E-state index is -0.658. The molecule has 0 heterocycles. The van der Waals surface area contributed by atoms with Gasteiger partial charge in [0, 0.05) is 8.07 Å². The van der Waals surface area contributed by atoms with Crippen LogP contribution in [-0.2, 0) is 0 Å². The fraction of sp³-hybridized carbons (Fsp3) is 1.00. The monoisotopic (exact) mass is 128 g/mol. The first-order chi connectivity index (χ1) is 3.58. The molecule has 1 aliphatic rings. The molecular formula is C7H16Si. The molecule has 1 saturated carbocycles. The number of hydrogen-bond acceptors (Lipinski definition) is 0. The molecule has 48 valence electrons. The van der Waals surface area contributed by atoms with Crippen LogP contribution in [0.2, 0.25) is 25.7 Å². The molecule has 1 aliphatic carbocycles. The average molecular weight is 128 g/mol. The summed E-state index contributed by atoms with van der Waals surface area (Å²) in [6.45, 7) is 7.39. The maximum absolute atomic E-state index is 2.46. The van der Waals surface area contributed by atoms with E-state index in [-0.39, 0.29) is 0 Å². The van der Waals surface area contributed by atoms with Crippen molar-refractivity contribution in [1.29, 1.82) is 0 Å². The normalized spacial score (nSPS) is 21.4. The van der Waals surface area contributed by atoms with Gasteiger partial charge in [-0.25, -0.2) is 0 Å². The Morgan fingerprint density at radius 2 is 1.75 bits per heavy atom. The van der Waals surface area contributed by atoms with Gasteiger partial charge in [-0.3, -0.25) is 0 Å². The van der Waals surface area contributed by atoms with Gasteiger partial charge in [0.25, 0.3) is 0 Å². The molecule has 1 heteroatoms. The molecule has 0 N–H and O–H groups in total. The van der Waals surface area contributed by atoms with Crippen LogP contribution in [0.1, 0.15) is 12.8 Å². The van der Waals surface area contributed by atoms with Crippen LogP contribution in [-0.4, -0.2) is 8.07 Å². The standard InChI is InChI=1S/C7H16Si/c1-8(2,3)6-7-4-5-7/h7H,4-6H2,1-3H3. The topological polar surface area (TPSA) is 0 Å². The van der Waals surface area contributed by atoms with E-state index in [0.717, 1.165) is 5.92 Å². The molecule has 8 heavy (non-hydrogen) atoms. The molecule has 1 fully saturated rings. The molecule has 0 bridgehead atoms. The third kappa shape index (κ3) is 2.51. The van der Waals surface area contributed by atoms with Crippen LogP contribution in [0.4, 0.5) is 0 Å². The van der Waals surface area contributed by atoms with E-state index in [1.807, 2.05) is 0 Å². The SMILES string of the molecule is C[Si](C)(C)CC1CC1. The maximum atomic E-state index is 2.46. The van der Waals surface area contributed by atoms with Gasteiger partial charge in [0.1, 0.15) is 0 Å². The molecule has 0 aromatic carbocycles. The Balaban J connectivity index is 2.16. The predicted molar refractivity (Wildman–Crippen MR) is 40.9 cm³/mol. The quantitative estimate of drug-likeness (QED) is 0.502. The largest absolute Gasteiger partial charge is 0.0695 e. The van der Waals surface area contributed by atoms with Gasteiger partial charge >= 0.3 is 0 Å². The van der Waals surface area contributed by atoms with Crippen molar-refractivity contribution in [3.05, 3.63) is 0 Å². The smallest absolute Gasteiger partial charge is 0.0445 e. The van der Waals surface area contributed by atoms with Crippen molar-refractivity contribution in [2.75, 3.05) is 0 Å². The highest BCUT2D eigenvalue weighted by Crippen LogP contribution is 2.36. The average Bonchev–Trinajstić information content (AvgIpc) is 2.12. The van der Waals surface area contributed by atoms with Crippen molar-refractivity contribution in [2.45, 2.75) is 38.5 Å². The molecule has 0 amide bonds. The zero-order chi connectivity index (χ0) is 6.20. The molecule has 0 unspecified atom stereocenters. The third-order valence-electron chi connectivity index (χ3n) is 1.60. The summed E-state index contributed by atoms with van der Waals surface area (Å²) in [5.74, 6) is 1.15. The molecule has 0 aromatic heterocycles. The second-order valence-corrected chi connectivity index (χ2v) is 9.74. The van der Waals surface area contributed by atoms with Gasteiger partial charge in [0.05, 0.1) is 0 Å². The lowest BCUT2D eigenvalue weighted by Crippen LogP contribution is -2.19. The van der Waals surface area contributed by atoms with E-state index in [1.54, 1.807) is 6.04 Å². The summed E-state index contributed by atoms with van der Waals surface area (Å²) >= 11 is 0. The summed E-state index contributed by atoms with van der Waals surface area (Å²) in [5, 5.41) is 0. The Morgan fingerprint density at radius 1 is 1.25 bits per heavy atom. The molecule has 0 saturated heterocycles. The molecule has 0 atom stereocenters. The van der Waals surface area contributed by atoms with Crippen LogP contribution in [0.3, 0.4) is 0 Å². The molecular weight excluding hydrogens is 112 g/mol. The highest BCUT2D eigenvalue weighted by atomic mass is 28.3. The van der Waals surface area contributed by atoms with Crippen LogP contribution in [0.5, 0.6) is 0 Å². The van der Waals surface area contributed by atoms with Gasteiger partial charge in [-0.15, -0.1) is 0 Å². The summed E-state index contributed by atoms with van der Waals surface area (Å²) in [4.78, 5) is 0. The number of rotatable bonds is 2. The molecule has 0 radical (unpaired) electrons. The van der Waals surface area contributed by atoms with Crippen LogP contribution in [0.25, 0.3) is 0 Å². The van der Waals surface area contributed by atoms with Crippen molar-refractivity contribution >= 4 is 8.07 Å². The van der Waals surface area contributed by atoms with Crippen molar-refractivity contribution in [1.82, 2.24) is 0 Å². The third-order valence-corrected chi connectivity index (χ3v) is 3.40. The van der Waals surface area contributed by atoms with Gasteiger partial charge in [-0.1, -0.05) is 38.5 Å². The Morgan fingerprint density at radius 3 is 1.88 bits per heavy atom. The van der Waals surface area contributed by atoms with Crippen LogP contribution >= 0.6 is 0 Å². The minimum absolute atomic E-state index is 0.658. The van der Waals surface area contributed by atoms with Crippen LogP contribution < -0.4 is 0 Å². The summed E-state index contributed by atoms with van der Waals surface area (Å²) in [6, 6.07) is 1.58. The fourth-order valence-corrected chi connectivity index (χ4v) is 3.33. The van der Waals surface area contributed by atoms with Gasteiger partial charge < -0.3 is 0 Å². The minimum Gasteiger partial charge on any atom is -0.0695 e. The second kappa shape index (κ2) is 1.87. The van der Waals surface area contributed by atoms with Crippen molar-refractivity contribution in [3.8, 4) is 0 Å². The van der Waals surface area contributed by atoms with Crippen molar-refractivity contribution < 1.29 is 0 Å². The van der Waals surface area contributed by atoms with Crippen LogP contribution in [0.15, 0.2) is 0 Å². The predicted octanol–water partition coefficient (Wildman–Crippen LogP) is 2.73. The molecule has 0 aliphatic heterocycles. The lowest BCUT2D eigenvalue weighted by atomic mass is 10.5. The summed E-state index contributed by atoms with van der Waals surface area (Å²) < 4.78 is 0. The van der Waals surface area contributed by atoms with Gasteiger partial charge in [0.2, 0.25) is 0 Å². The first kappa shape index (κ1) is 6.34. The van der Waals surface area contributed by atoms with E-state index in [4.69, 9.17) is 0 Å². The summed E-state index contributed by atoms with van der Waals surface area (Å²) in [7, 11) is -0.658. The molecule has 0 aromatic rings. The maximum Gasteiger partial charge on any atom is 0.0445 e. The zero-order valence-corrected chi connectivity index (χ0v) is 7.20. The summed E-state index contributed by atoms with van der Waals surface area (Å²) in [5.41, 5.74) is 0. The highest BCUT2D eigenvalue weighted by molar-refractivity contribution is 6.76.